The molecule has 0 bridgehead atoms. The molecule has 1 saturated heterocycles. The van der Waals surface area contributed by atoms with Gasteiger partial charge in [-0.25, -0.2) is 14.2 Å². The number of benzene rings is 1. The van der Waals surface area contributed by atoms with Crippen LogP contribution in [0.1, 0.15) is 28.9 Å². The number of alkyl halides is 1. The molecule has 1 aliphatic heterocycles. The number of piperidine rings is 1. The summed E-state index contributed by atoms with van der Waals surface area (Å²) in [5.74, 6) is -0.460. The third-order valence-electron chi connectivity index (χ3n) is 4.12. The Bertz CT molecular complexity index is 667. The molecule has 0 radical (unpaired) electrons. The number of rotatable bonds is 3. The first-order valence-electron chi connectivity index (χ1n) is 7.28. The summed E-state index contributed by atoms with van der Waals surface area (Å²) >= 11 is 0. The van der Waals surface area contributed by atoms with Gasteiger partial charge in [0.25, 0.3) is 0 Å². The summed E-state index contributed by atoms with van der Waals surface area (Å²) in [6.07, 6.45) is 0.742. The molecule has 1 aromatic carbocycles. The Morgan fingerprint density at radius 3 is 2.41 bits per heavy atom. The molecule has 0 atom stereocenters. The van der Waals surface area contributed by atoms with Crippen LogP contribution in [0, 0.1) is 0 Å². The highest BCUT2D eigenvalue weighted by Crippen LogP contribution is 2.37. The Morgan fingerprint density at radius 2 is 1.77 bits per heavy atom. The Hall–Kier alpha value is -2.43. The fourth-order valence-corrected chi connectivity index (χ4v) is 2.83. The number of carboxylic acids is 1. The Balaban J connectivity index is 1.74. The average Bonchev–Trinajstić information content (AvgIpc) is 2.56. The van der Waals surface area contributed by atoms with Gasteiger partial charge < -0.3 is 10.0 Å². The largest absolute Gasteiger partial charge is 0.477 e. The zero-order chi connectivity index (χ0) is 15.6. The Morgan fingerprint density at radius 1 is 1.09 bits per heavy atom. The molecular formula is C17H17FN2O2. The van der Waals surface area contributed by atoms with E-state index < -0.39 is 11.6 Å². The van der Waals surface area contributed by atoms with Crippen LogP contribution in [0.4, 0.5) is 10.2 Å². The van der Waals surface area contributed by atoms with Gasteiger partial charge in [-0.2, -0.15) is 0 Å². The molecule has 22 heavy (non-hydrogen) atoms. The Labute approximate surface area is 128 Å². The van der Waals surface area contributed by atoms with E-state index in [9.17, 15) is 4.79 Å². The van der Waals surface area contributed by atoms with E-state index in [1.807, 2.05) is 35.2 Å². The van der Waals surface area contributed by atoms with Crippen molar-refractivity contribution < 1.29 is 14.3 Å². The van der Waals surface area contributed by atoms with E-state index in [-0.39, 0.29) is 5.69 Å². The van der Waals surface area contributed by atoms with E-state index in [0.717, 1.165) is 0 Å². The molecule has 114 valence electrons. The molecule has 2 heterocycles. The van der Waals surface area contributed by atoms with Gasteiger partial charge in [-0.1, -0.05) is 36.4 Å². The second kappa shape index (κ2) is 5.75. The van der Waals surface area contributed by atoms with Gasteiger partial charge in [0.2, 0.25) is 0 Å². The van der Waals surface area contributed by atoms with Gasteiger partial charge in [0.15, 0.2) is 5.69 Å². The van der Waals surface area contributed by atoms with Crippen LogP contribution in [-0.2, 0) is 5.67 Å². The van der Waals surface area contributed by atoms with Gasteiger partial charge in [-0.3, -0.25) is 0 Å². The minimum absolute atomic E-state index is 0.0117. The highest BCUT2D eigenvalue weighted by Gasteiger charge is 2.36. The van der Waals surface area contributed by atoms with Gasteiger partial charge >= 0.3 is 5.97 Å². The molecule has 5 heteroatoms. The molecule has 0 spiro atoms. The number of pyridine rings is 1. The lowest BCUT2D eigenvalue weighted by molar-refractivity contribution is 0.0690. The summed E-state index contributed by atoms with van der Waals surface area (Å²) in [6.45, 7) is 1.03. The number of hydrogen-bond donors (Lipinski definition) is 1. The van der Waals surface area contributed by atoms with E-state index in [4.69, 9.17) is 5.11 Å². The third kappa shape index (κ3) is 2.79. The minimum atomic E-state index is -1.32. The maximum absolute atomic E-state index is 15.1. The van der Waals surface area contributed by atoms with Crippen molar-refractivity contribution in [2.24, 2.45) is 0 Å². The van der Waals surface area contributed by atoms with E-state index >= 15 is 4.39 Å². The summed E-state index contributed by atoms with van der Waals surface area (Å²) in [5, 5.41) is 9.00. The monoisotopic (exact) mass is 300 g/mol. The number of aromatic carboxylic acids is 1. The number of nitrogens with zero attached hydrogens (tertiary/aromatic N) is 2. The van der Waals surface area contributed by atoms with Crippen LogP contribution in [0.2, 0.25) is 0 Å². The number of halogens is 1. The summed E-state index contributed by atoms with van der Waals surface area (Å²) in [6, 6.07) is 14.1. The standard InChI is InChI=1S/C17H17FN2O2/c18-17(13-5-2-1-3-6-13)9-11-20(12-10-17)15-8-4-7-14(19-15)16(21)22/h1-8H,9-12H2,(H,21,22). The zero-order valence-electron chi connectivity index (χ0n) is 12.1. The first-order valence-corrected chi connectivity index (χ1v) is 7.28. The molecule has 0 amide bonds. The van der Waals surface area contributed by atoms with E-state index in [1.54, 1.807) is 12.1 Å². The lowest BCUT2D eigenvalue weighted by atomic mass is 9.86. The molecular weight excluding hydrogens is 283 g/mol. The van der Waals surface area contributed by atoms with E-state index in [0.29, 0.717) is 37.3 Å². The van der Waals surface area contributed by atoms with Crippen molar-refractivity contribution >= 4 is 11.8 Å². The van der Waals surface area contributed by atoms with Crippen LogP contribution in [0.15, 0.2) is 48.5 Å². The third-order valence-corrected chi connectivity index (χ3v) is 4.12. The van der Waals surface area contributed by atoms with Crippen molar-refractivity contribution in [2.45, 2.75) is 18.5 Å². The van der Waals surface area contributed by atoms with Gasteiger partial charge in [-0.15, -0.1) is 0 Å². The molecule has 3 rings (SSSR count). The first kappa shape index (κ1) is 14.5. The number of hydrogen-bond acceptors (Lipinski definition) is 3. The highest BCUT2D eigenvalue weighted by molar-refractivity contribution is 5.85. The second-order valence-electron chi connectivity index (χ2n) is 5.50. The lowest BCUT2D eigenvalue weighted by Gasteiger charge is -2.37. The van der Waals surface area contributed by atoms with Crippen molar-refractivity contribution in [3.8, 4) is 0 Å². The van der Waals surface area contributed by atoms with Crippen LogP contribution in [0.5, 0.6) is 0 Å². The number of carbonyl (C=O) groups is 1. The number of carboxylic acid groups (broad SMARTS) is 1. The molecule has 1 fully saturated rings. The van der Waals surface area contributed by atoms with Gasteiger partial charge in [0.05, 0.1) is 0 Å². The summed E-state index contributed by atoms with van der Waals surface area (Å²) in [7, 11) is 0. The van der Waals surface area contributed by atoms with Crippen molar-refractivity contribution in [2.75, 3.05) is 18.0 Å². The Kier molecular flexibility index (Phi) is 3.79. The van der Waals surface area contributed by atoms with E-state index in [1.165, 1.54) is 6.07 Å². The molecule has 1 N–H and O–H groups in total. The topological polar surface area (TPSA) is 53.4 Å². The van der Waals surface area contributed by atoms with Gasteiger partial charge in [-0.05, 0) is 17.7 Å². The lowest BCUT2D eigenvalue weighted by Crippen LogP contribution is -2.40. The average molecular weight is 300 g/mol. The predicted octanol–water partition coefficient (Wildman–Crippen LogP) is 3.25. The van der Waals surface area contributed by atoms with Crippen LogP contribution in [0.3, 0.4) is 0 Å². The van der Waals surface area contributed by atoms with Crippen LogP contribution < -0.4 is 4.90 Å². The van der Waals surface area contributed by atoms with Crippen LogP contribution in [-0.4, -0.2) is 29.1 Å². The molecule has 0 saturated carbocycles. The molecule has 1 aromatic heterocycles. The quantitative estimate of drug-likeness (QED) is 0.945. The second-order valence-corrected chi connectivity index (χ2v) is 5.50. The van der Waals surface area contributed by atoms with E-state index in [2.05, 4.69) is 4.98 Å². The van der Waals surface area contributed by atoms with Gasteiger partial charge in [0, 0.05) is 25.9 Å². The minimum Gasteiger partial charge on any atom is -0.477 e. The van der Waals surface area contributed by atoms with Crippen molar-refractivity contribution in [3.05, 3.63) is 59.8 Å². The number of aromatic nitrogens is 1. The zero-order valence-corrected chi connectivity index (χ0v) is 12.1. The smallest absolute Gasteiger partial charge is 0.354 e. The SMILES string of the molecule is O=C(O)c1cccc(N2CCC(F)(c3ccccc3)CC2)n1. The fourth-order valence-electron chi connectivity index (χ4n) is 2.83. The molecule has 1 aliphatic rings. The van der Waals surface area contributed by atoms with Gasteiger partial charge in [0.1, 0.15) is 11.5 Å². The predicted molar refractivity (Wildman–Crippen MR) is 81.9 cm³/mol. The van der Waals surface area contributed by atoms with Crippen LogP contribution in [0.25, 0.3) is 0 Å². The van der Waals surface area contributed by atoms with Crippen molar-refractivity contribution in [1.82, 2.24) is 4.98 Å². The van der Waals surface area contributed by atoms with Crippen molar-refractivity contribution in [3.63, 3.8) is 0 Å². The summed E-state index contributed by atoms with van der Waals surface area (Å²) in [4.78, 5) is 17.0. The summed E-state index contributed by atoms with van der Waals surface area (Å²) < 4.78 is 15.1. The molecule has 2 aromatic rings. The van der Waals surface area contributed by atoms with Crippen molar-refractivity contribution in [1.29, 1.82) is 0 Å². The summed E-state index contributed by atoms with van der Waals surface area (Å²) in [5.41, 5.74) is -0.595. The molecule has 0 aliphatic carbocycles. The highest BCUT2D eigenvalue weighted by atomic mass is 19.1. The number of anilines is 1. The first-order chi connectivity index (χ1) is 10.6. The normalized spacial score (nSPS) is 17.2. The molecule has 4 nitrogen and oxygen atoms in total. The maximum Gasteiger partial charge on any atom is 0.354 e. The molecule has 0 unspecified atom stereocenters. The van der Waals surface area contributed by atoms with Crippen LogP contribution >= 0.6 is 0 Å². The maximum atomic E-state index is 15.1. The fraction of sp³-hybridized carbons (Fsp3) is 0.294.